The molecule has 5 heteroatoms. The van der Waals surface area contributed by atoms with Crippen LogP contribution >= 0.6 is 0 Å². The highest BCUT2D eigenvalue weighted by molar-refractivity contribution is 5.50. The van der Waals surface area contributed by atoms with Crippen molar-refractivity contribution in [1.82, 2.24) is 9.97 Å². The molecule has 2 heterocycles. The minimum atomic E-state index is 0.235. The fourth-order valence-corrected chi connectivity index (χ4v) is 2.34. The Morgan fingerprint density at radius 2 is 2.21 bits per heavy atom. The van der Waals surface area contributed by atoms with Crippen LogP contribution in [0.3, 0.4) is 0 Å². The predicted octanol–water partition coefficient (Wildman–Crippen LogP) is 1.86. The van der Waals surface area contributed by atoms with Gasteiger partial charge in [-0.05, 0) is 18.3 Å². The van der Waals surface area contributed by atoms with Crippen LogP contribution in [0.4, 0.5) is 11.6 Å². The summed E-state index contributed by atoms with van der Waals surface area (Å²) in [5, 5.41) is 3.37. The normalized spacial score (nSPS) is 19.8. The summed E-state index contributed by atoms with van der Waals surface area (Å²) in [6.07, 6.45) is 3.98. The van der Waals surface area contributed by atoms with E-state index in [-0.39, 0.29) is 5.41 Å². The van der Waals surface area contributed by atoms with E-state index >= 15 is 0 Å². The Balaban J connectivity index is 2.06. The Morgan fingerprint density at radius 1 is 1.42 bits per heavy atom. The summed E-state index contributed by atoms with van der Waals surface area (Å²) in [5.41, 5.74) is 6.05. The molecule has 0 aromatic carbocycles. The molecule has 0 aliphatic carbocycles. The lowest BCUT2D eigenvalue weighted by Crippen LogP contribution is -2.36. The number of hydrogen-bond donors (Lipinski definition) is 2. The van der Waals surface area contributed by atoms with E-state index in [1.54, 1.807) is 6.33 Å². The standard InChI is InChI=1S/C14H25N5/c1-14(2,3)9-16-12-7-13(18-10-17-12)19-6-4-5-11(19)8-15/h7,10-11H,4-6,8-9,15H2,1-3H3,(H,16,17,18). The molecule has 19 heavy (non-hydrogen) atoms. The van der Waals surface area contributed by atoms with Gasteiger partial charge in [0.2, 0.25) is 0 Å². The van der Waals surface area contributed by atoms with Gasteiger partial charge in [0, 0.05) is 31.7 Å². The summed E-state index contributed by atoms with van der Waals surface area (Å²) in [6.45, 7) is 9.23. The quantitative estimate of drug-likeness (QED) is 0.868. The second-order valence-corrected chi connectivity index (χ2v) is 6.40. The van der Waals surface area contributed by atoms with Gasteiger partial charge in [0.1, 0.15) is 18.0 Å². The van der Waals surface area contributed by atoms with Crippen molar-refractivity contribution in [3.8, 4) is 0 Å². The van der Waals surface area contributed by atoms with E-state index < -0.39 is 0 Å². The van der Waals surface area contributed by atoms with Crippen molar-refractivity contribution in [3.05, 3.63) is 12.4 Å². The molecule has 0 amide bonds. The molecule has 5 nitrogen and oxygen atoms in total. The fraction of sp³-hybridized carbons (Fsp3) is 0.714. The molecule has 0 saturated carbocycles. The van der Waals surface area contributed by atoms with E-state index in [2.05, 4.69) is 41.0 Å². The molecule has 2 rings (SSSR count). The van der Waals surface area contributed by atoms with Crippen LogP contribution in [0.15, 0.2) is 12.4 Å². The Hall–Kier alpha value is -1.36. The van der Waals surface area contributed by atoms with E-state index in [1.807, 2.05) is 6.07 Å². The van der Waals surface area contributed by atoms with Crippen molar-refractivity contribution in [1.29, 1.82) is 0 Å². The van der Waals surface area contributed by atoms with Crippen molar-refractivity contribution in [2.75, 3.05) is 29.9 Å². The first kappa shape index (κ1) is 14.1. The van der Waals surface area contributed by atoms with Crippen molar-refractivity contribution >= 4 is 11.6 Å². The maximum atomic E-state index is 5.81. The average molecular weight is 263 g/mol. The zero-order valence-corrected chi connectivity index (χ0v) is 12.2. The fourth-order valence-electron chi connectivity index (χ4n) is 2.34. The van der Waals surface area contributed by atoms with Gasteiger partial charge in [-0.1, -0.05) is 20.8 Å². The van der Waals surface area contributed by atoms with Crippen LogP contribution in [0.2, 0.25) is 0 Å². The van der Waals surface area contributed by atoms with Gasteiger partial charge in [-0.2, -0.15) is 0 Å². The van der Waals surface area contributed by atoms with Crippen molar-refractivity contribution in [3.63, 3.8) is 0 Å². The molecule has 0 radical (unpaired) electrons. The lowest BCUT2D eigenvalue weighted by atomic mass is 9.97. The first-order valence-corrected chi connectivity index (χ1v) is 7.02. The van der Waals surface area contributed by atoms with Crippen LogP contribution in [0.1, 0.15) is 33.6 Å². The van der Waals surface area contributed by atoms with Crippen LogP contribution in [-0.4, -0.2) is 35.6 Å². The summed E-state index contributed by atoms with van der Waals surface area (Å²) in [4.78, 5) is 11.0. The third kappa shape index (κ3) is 3.80. The Morgan fingerprint density at radius 3 is 2.89 bits per heavy atom. The van der Waals surface area contributed by atoms with Crippen LogP contribution < -0.4 is 16.0 Å². The van der Waals surface area contributed by atoms with Gasteiger partial charge in [0.05, 0.1) is 0 Å². The largest absolute Gasteiger partial charge is 0.369 e. The van der Waals surface area contributed by atoms with E-state index in [0.29, 0.717) is 12.6 Å². The van der Waals surface area contributed by atoms with Crippen LogP contribution in [0.5, 0.6) is 0 Å². The van der Waals surface area contributed by atoms with E-state index in [4.69, 9.17) is 5.73 Å². The highest BCUT2D eigenvalue weighted by Gasteiger charge is 2.24. The van der Waals surface area contributed by atoms with Crippen molar-refractivity contribution in [2.45, 2.75) is 39.7 Å². The summed E-state index contributed by atoms with van der Waals surface area (Å²) in [5.74, 6) is 1.88. The number of rotatable bonds is 4. The molecule has 1 saturated heterocycles. The number of anilines is 2. The molecule has 1 aromatic heterocycles. The molecular formula is C14H25N5. The van der Waals surface area contributed by atoms with Gasteiger partial charge < -0.3 is 16.0 Å². The van der Waals surface area contributed by atoms with Gasteiger partial charge in [0.15, 0.2) is 0 Å². The molecule has 1 aliphatic rings. The molecule has 1 atom stereocenters. The van der Waals surface area contributed by atoms with Gasteiger partial charge in [0.25, 0.3) is 0 Å². The molecule has 1 aromatic rings. The third-order valence-electron chi connectivity index (χ3n) is 3.40. The zero-order valence-electron chi connectivity index (χ0n) is 12.2. The molecule has 0 spiro atoms. The molecule has 1 fully saturated rings. The van der Waals surface area contributed by atoms with Crippen LogP contribution in [-0.2, 0) is 0 Å². The van der Waals surface area contributed by atoms with Crippen LogP contribution in [0.25, 0.3) is 0 Å². The van der Waals surface area contributed by atoms with E-state index in [1.165, 1.54) is 6.42 Å². The zero-order chi connectivity index (χ0) is 13.9. The molecule has 106 valence electrons. The molecule has 1 unspecified atom stereocenters. The summed E-state index contributed by atoms with van der Waals surface area (Å²) in [6, 6.07) is 2.45. The molecule has 1 aliphatic heterocycles. The minimum Gasteiger partial charge on any atom is -0.369 e. The van der Waals surface area contributed by atoms with Gasteiger partial charge in [-0.15, -0.1) is 0 Å². The van der Waals surface area contributed by atoms with Crippen molar-refractivity contribution < 1.29 is 0 Å². The summed E-state index contributed by atoms with van der Waals surface area (Å²) >= 11 is 0. The monoisotopic (exact) mass is 263 g/mol. The number of aromatic nitrogens is 2. The van der Waals surface area contributed by atoms with E-state index in [9.17, 15) is 0 Å². The van der Waals surface area contributed by atoms with Crippen molar-refractivity contribution in [2.24, 2.45) is 11.1 Å². The van der Waals surface area contributed by atoms with Crippen LogP contribution in [0, 0.1) is 5.41 Å². The highest BCUT2D eigenvalue weighted by Crippen LogP contribution is 2.24. The lowest BCUT2D eigenvalue weighted by Gasteiger charge is -2.25. The Labute approximate surface area is 115 Å². The lowest BCUT2D eigenvalue weighted by molar-refractivity contribution is 0.442. The second-order valence-electron chi connectivity index (χ2n) is 6.40. The second kappa shape index (κ2) is 5.74. The van der Waals surface area contributed by atoms with E-state index in [0.717, 1.165) is 31.1 Å². The molecule has 3 N–H and O–H groups in total. The number of nitrogens with two attached hydrogens (primary N) is 1. The Bertz CT molecular complexity index is 413. The maximum Gasteiger partial charge on any atom is 0.134 e. The maximum absolute atomic E-state index is 5.81. The number of nitrogens with zero attached hydrogens (tertiary/aromatic N) is 3. The van der Waals surface area contributed by atoms with Gasteiger partial charge in [-0.3, -0.25) is 0 Å². The van der Waals surface area contributed by atoms with Gasteiger partial charge in [-0.25, -0.2) is 9.97 Å². The molecule has 0 bridgehead atoms. The molecular weight excluding hydrogens is 238 g/mol. The summed E-state index contributed by atoms with van der Waals surface area (Å²) in [7, 11) is 0. The number of nitrogens with one attached hydrogen (secondary N) is 1. The first-order valence-electron chi connectivity index (χ1n) is 7.02. The highest BCUT2D eigenvalue weighted by atomic mass is 15.2. The van der Waals surface area contributed by atoms with Gasteiger partial charge >= 0.3 is 0 Å². The SMILES string of the molecule is CC(C)(C)CNc1cc(N2CCCC2CN)ncn1. The summed E-state index contributed by atoms with van der Waals surface area (Å²) < 4.78 is 0. The average Bonchev–Trinajstić information content (AvgIpc) is 2.84. The smallest absolute Gasteiger partial charge is 0.134 e. The Kier molecular flexibility index (Phi) is 4.24. The third-order valence-corrected chi connectivity index (χ3v) is 3.40. The topological polar surface area (TPSA) is 67.1 Å². The number of hydrogen-bond acceptors (Lipinski definition) is 5. The first-order chi connectivity index (χ1) is 8.99. The predicted molar refractivity (Wildman–Crippen MR) is 79.4 cm³/mol. The minimum absolute atomic E-state index is 0.235.